The van der Waals surface area contributed by atoms with Crippen LogP contribution < -0.4 is 5.32 Å². The van der Waals surface area contributed by atoms with Gasteiger partial charge >= 0.3 is 6.18 Å². The van der Waals surface area contributed by atoms with Crippen LogP contribution in [0.3, 0.4) is 0 Å². The largest absolute Gasteiger partial charge is 0.405 e. The van der Waals surface area contributed by atoms with Crippen molar-refractivity contribution in [3.05, 3.63) is 27.9 Å². The molecule has 0 aliphatic rings. The van der Waals surface area contributed by atoms with Gasteiger partial charge in [0.25, 0.3) is 5.69 Å². The van der Waals surface area contributed by atoms with E-state index in [2.05, 4.69) is 4.98 Å². The molecule has 16 heavy (non-hydrogen) atoms. The maximum atomic E-state index is 11.9. The number of alkyl halides is 3. The SMILES string of the molecule is Cc1cnc(NCC(F)(F)F)cc1[N+](=O)[O-]. The van der Waals surface area contributed by atoms with E-state index in [4.69, 9.17) is 0 Å². The normalized spacial score (nSPS) is 11.2. The predicted molar refractivity (Wildman–Crippen MR) is 50.2 cm³/mol. The highest BCUT2D eigenvalue weighted by atomic mass is 19.4. The van der Waals surface area contributed by atoms with Crippen LogP contribution in [-0.2, 0) is 0 Å². The number of aromatic nitrogens is 1. The molecule has 0 aliphatic heterocycles. The van der Waals surface area contributed by atoms with E-state index in [0.29, 0.717) is 5.56 Å². The molecule has 0 saturated carbocycles. The molecule has 1 heterocycles. The Morgan fingerprint density at radius 2 is 2.19 bits per heavy atom. The van der Waals surface area contributed by atoms with Crippen molar-refractivity contribution in [3.8, 4) is 0 Å². The first-order valence-corrected chi connectivity index (χ1v) is 4.21. The molecule has 0 aromatic carbocycles. The van der Waals surface area contributed by atoms with Gasteiger partial charge in [0.1, 0.15) is 12.4 Å². The van der Waals surface area contributed by atoms with Gasteiger partial charge in [-0.2, -0.15) is 13.2 Å². The summed E-state index contributed by atoms with van der Waals surface area (Å²) in [4.78, 5) is 13.4. The van der Waals surface area contributed by atoms with Gasteiger partial charge in [-0.3, -0.25) is 10.1 Å². The molecule has 1 aromatic heterocycles. The smallest absolute Gasteiger partial charge is 0.361 e. The second-order valence-corrected chi connectivity index (χ2v) is 3.08. The summed E-state index contributed by atoms with van der Waals surface area (Å²) in [5.74, 6) is -0.172. The summed E-state index contributed by atoms with van der Waals surface area (Å²) < 4.78 is 35.6. The second-order valence-electron chi connectivity index (χ2n) is 3.08. The van der Waals surface area contributed by atoms with Gasteiger partial charge in [-0.15, -0.1) is 0 Å². The summed E-state index contributed by atoms with van der Waals surface area (Å²) in [6.07, 6.45) is -3.24. The van der Waals surface area contributed by atoms with Crippen molar-refractivity contribution >= 4 is 11.5 Å². The van der Waals surface area contributed by atoms with Gasteiger partial charge < -0.3 is 5.32 Å². The first-order valence-electron chi connectivity index (χ1n) is 4.21. The topological polar surface area (TPSA) is 68.1 Å². The number of rotatable bonds is 3. The minimum atomic E-state index is -4.39. The number of halogens is 3. The molecule has 1 aromatic rings. The van der Waals surface area contributed by atoms with E-state index in [0.717, 1.165) is 12.3 Å². The zero-order chi connectivity index (χ0) is 12.3. The fraction of sp³-hybridized carbons (Fsp3) is 0.375. The van der Waals surface area contributed by atoms with Crippen LogP contribution in [0.25, 0.3) is 0 Å². The summed E-state index contributed by atoms with van der Waals surface area (Å²) in [6.45, 7) is 0.179. The van der Waals surface area contributed by atoms with Crippen LogP contribution in [0.2, 0.25) is 0 Å². The van der Waals surface area contributed by atoms with Gasteiger partial charge in [0.15, 0.2) is 0 Å². The Hall–Kier alpha value is -1.86. The number of nitrogens with one attached hydrogen (secondary N) is 1. The number of hydrogen-bond acceptors (Lipinski definition) is 4. The van der Waals surface area contributed by atoms with Gasteiger partial charge in [-0.05, 0) is 6.92 Å². The number of anilines is 1. The molecule has 0 bridgehead atoms. The van der Waals surface area contributed by atoms with Crippen LogP contribution in [0, 0.1) is 17.0 Å². The molecule has 0 aliphatic carbocycles. The van der Waals surface area contributed by atoms with Crippen LogP contribution in [0.1, 0.15) is 5.56 Å². The van der Waals surface area contributed by atoms with Gasteiger partial charge in [0.05, 0.1) is 11.0 Å². The molecular weight excluding hydrogens is 227 g/mol. The molecule has 0 atom stereocenters. The standard InChI is InChI=1S/C8H8F3N3O2/c1-5-3-12-7(2-6(5)14(15)16)13-4-8(9,10)11/h2-3H,4H2,1H3,(H,12,13). The average molecular weight is 235 g/mol. The monoisotopic (exact) mass is 235 g/mol. The quantitative estimate of drug-likeness (QED) is 0.644. The first kappa shape index (κ1) is 12.2. The Balaban J connectivity index is 2.83. The lowest BCUT2D eigenvalue weighted by atomic mass is 10.2. The molecule has 0 radical (unpaired) electrons. The Morgan fingerprint density at radius 3 is 2.69 bits per heavy atom. The zero-order valence-electron chi connectivity index (χ0n) is 8.21. The molecule has 0 spiro atoms. The third kappa shape index (κ3) is 3.37. The Bertz CT molecular complexity index is 406. The van der Waals surface area contributed by atoms with E-state index in [1.807, 2.05) is 5.32 Å². The van der Waals surface area contributed by atoms with Crippen LogP contribution in [0.5, 0.6) is 0 Å². The first-order chi connectivity index (χ1) is 7.29. The highest BCUT2D eigenvalue weighted by Gasteiger charge is 2.27. The fourth-order valence-electron chi connectivity index (χ4n) is 0.997. The van der Waals surface area contributed by atoms with Gasteiger partial charge in [-0.25, -0.2) is 4.98 Å². The second kappa shape index (κ2) is 4.33. The number of aryl methyl sites for hydroxylation is 1. The summed E-state index contributed by atoms with van der Waals surface area (Å²) in [7, 11) is 0. The van der Waals surface area contributed by atoms with E-state index < -0.39 is 17.6 Å². The zero-order valence-corrected chi connectivity index (χ0v) is 8.21. The van der Waals surface area contributed by atoms with Crippen molar-refractivity contribution in [2.45, 2.75) is 13.1 Å². The lowest BCUT2D eigenvalue weighted by molar-refractivity contribution is -0.385. The maximum absolute atomic E-state index is 11.9. The van der Waals surface area contributed by atoms with E-state index in [1.165, 1.54) is 6.92 Å². The summed E-state index contributed by atoms with van der Waals surface area (Å²) in [5.41, 5.74) is 0.0298. The lowest BCUT2D eigenvalue weighted by Crippen LogP contribution is -2.21. The molecule has 0 amide bonds. The number of nitrogens with zero attached hydrogens (tertiary/aromatic N) is 2. The van der Waals surface area contributed by atoms with Crippen LogP contribution in [0.15, 0.2) is 12.3 Å². The lowest BCUT2D eigenvalue weighted by Gasteiger charge is -2.08. The van der Waals surface area contributed by atoms with E-state index in [9.17, 15) is 23.3 Å². The van der Waals surface area contributed by atoms with E-state index >= 15 is 0 Å². The fourth-order valence-corrected chi connectivity index (χ4v) is 0.997. The van der Waals surface area contributed by atoms with Crippen LogP contribution >= 0.6 is 0 Å². The molecule has 0 unspecified atom stereocenters. The third-order valence-corrected chi connectivity index (χ3v) is 1.74. The minimum absolute atomic E-state index is 0.172. The van der Waals surface area contributed by atoms with Crippen molar-refractivity contribution in [2.75, 3.05) is 11.9 Å². The van der Waals surface area contributed by atoms with Crippen molar-refractivity contribution in [1.29, 1.82) is 0 Å². The summed E-state index contributed by atoms with van der Waals surface area (Å²) in [5, 5.41) is 12.5. The highest BCUT2D eigenvalue weighted by molar-refractivity contribution is 5.48. The Morgan fingerprint density at radius 1 is 1.56 bits per heavy atom. The van der Waals surface area contributed by atoms with Crippen molar-refractivity contribution < 1.29 is 18.1 Å². The van der Waals surface area contributed by atoms with Crippen LogP contribution in [-0.4, -0.2) is 22.6 Å². The molecule has 5 nitrogen and oxygen atoms in total. The van der Waals surface area contributed by atoms with Gasteiger partial charge in [0, 0.05) is 11.8 Å². The van der Waals surface area contributed by atoms with Crippen molar-refractivity contribution in [1.82, 2.24) is 4.98 Å². The Labute approximate surface area is 88.4 Å². The van der Waals surface area contributed by atoms with E-state index in [-0.39, 0.29) is 11.5 Å². The minimum Gasteiger partial charge on any atom is -0.361 e. The van der Waals surface area contributed by atoms with Gasteiger partial charge in [-0.1, -0.05) is 0 Å². The highest BCUT2D eigenvalue weighted by Crippen LogP contribution is 2.21. The number of pyridine rings is 1. The van der Waals surface area contributed by atoms with Crippen LogP contribution in [0.4, 0.5) is 24.7 Å². The molecule has 88 valence electrons. The summed E-state index contributed by atoms with van der Waals surface area (Å²) >= 11 is 0. The van der Waals surface area contributed by atoms with Gasteiger partial charge in [0.2, 0.25) is 0 Å². The van der Waals surface area contributed by atoms with Crippen molar-refractivity contribution in [2.24, 2.45) is 0 Å². The molecule has 0 saturated heterocycles. The molecule has 1 rings (SSSR count). The summed E-state index contributed by atoms with van der Waals surface area (Å²) in [6, 6.07) is 0.973. The molecule has 0 fully saturated rings. The number of hydrogen-bond donors (Lipinski definition) is 1. The number of nitro groups is 1. The predicted octanol–water partition coefficient (Wildman–Crippen LogP) is 2.27. The van der Waals surface area contributed by atoms with E-state index in [1.54, 1.807) is 0 Å². The van der Waals surface area contributed by atoms with Crippen molar-refractivity contribution in [3.63, 3.8) is 0 Å². The molecule has 8 heteroatoms. The third-order valence-electron chi connectivity index (χ3n) is 1.74. The molecular formula is C8H8F3N3O2. The maximum Gasteiger partial charge on any atom is 0.405 e. The average Bonchev–Trinajstić information content (AvgIpc) is 2.14. The Kier molecular flexibility index (Phi) is 3.31. The molecule has 1 N–H and O–H groups in total.